The normalized spacial score (nSPS) is 26.6. The van der Waals surface area contributed by atoms with Crippen LogP contribution in [0.2, 0.25) is 0 Å². The Hall–Kier alpha value is -1.77. The first-order chi connectivity index (χ1) is 9.60. The molecule has 2 unspecified atom stereocenters. The molecule has 3 heteroatoms. The Morgan fingerprint density at radius 1 is 1.05 bits per heavy atom. The van der Waals surface area contributed by atoms with E-state index in [9.17, 15) is 0 Å². The molecule has 0 saturated heterocycles. The second-order valence-electron chi connectivity index (χ2n) is 6.26. The molecule has 1 aliphatic rings. The monoisotopic (exact) mass is 270 g/mol. The van der Waals surface area contributed by atoms with E-state index in [4.69, 9.17) is 10.5 Å². The van der Waals surface area contributed by atoms with Gasteiger partial charge in [-0.15, -0.1) is 0 Å². The van der Waals surface area contributed by atoms with Crippen molar-refractivity contribution in [2.75, 3.05) is 5.73 Å². The lowest BCUT2D eigenvalue weighted by Crippen LogP contribution is -2.28. The molecule has 1 fully saturated rings. The van der Waals surface area contributed by atoms with Crippen molar-refractivity contribution >= 4 is 16.6 Å². The van der Waals surface area contributed by atoms with Gasteiger partial charge < -0.3 is 10.5 Å². The number of nitrogen functional groups attached to an aromatic ring is 1. The molecule has 2 aromatic rings. The van der Waals surface area contributed by atoms with Crippen LogP contribution in [0.25, 0.3) is 10.9 Å². The number of nitrogens with zero attached hydrogens (tertiary/aromatic N) is 1. The number of hydrogen-bond acceptors (Lipinski definition) is 3. The van der Waals surface area contributed by atoms with Crippen LogP contribution in [0.1, 0.15) is 33.1 Å². The maximum absolute atomic E-state index is 6.09. The van der Waals surface area contributed by atoms with Crippen LogP contribution >= 0.6 is 0 Å². The fourth-order valence-corrected chi connectivity index (χ4v) is 3.33. The molecule has 1 saturated carbocycles. The molecule has 0 radical (unpaired) electrons. The lowest BCUT2D eigenvalue weighted by Gasteiger charge is -2.31. The molecule has 0 bridgehead atoms. The van der Waals surface area contributed by atoms with Crippen LogP contribution < -0.4 is 10.5 Å². The van der Waals surface area contributed by atoms with E-state index >= 15 is 0 Å². The highest BCUT2D eigenvalue weighted by molar-refractivity contribution is 5.82. The minimum atomic E-state index is 0.299. The second kappa shape index (κ2) is 5.31. The molecule has 0 amide bonds. The van der Waals surface area contributed by atoms with Gasteiger partial charge in [0, 0.05) is 17.1 Å². The van der Waals surface area contributed by atoms with E-state index in [-0.39, 0.29) is 0 Å². The van der Waals surface area contributed by atoms with Crippen molar-refractivity contribution in [2.45, 2.75) is 39.2 Å². The Morgan fingerprint density at radius 3 is 2.55 bits per heavy atom. The van der Waals surface area contributed by atoms with Gasteiger partial charge in [0.15, 0.2) is 0 Å². The van der Waals surface area contributed by atoms with Crippen molar-refractivity contribution in [3.05, 3.63) is 30.3 Å². The van der Waals surface area contributed by atoms with Gasteiger partial charge >= 0.3 is 0 Å². The van der Waals surface area contributed by atoms with E-state index in [0.29, 0.717) is 6.10 Å². The van der Waals surface area contributed by atoms with Crippen LogP contribution in [-0.4, -0.2) is 11.1 Å². The van der Waals surface area contributed by atoms with Crippen LogP contribution in [-0.2, 0) is 0 Å². The molecule has 1 aromatic carbocycles. The standard InChI is InChI=1S/C17H22N2O/c1-11-7-12(2)9-15(8-11)20-17-6-3-13-10-14(18)4-5-16(13)19-17/h3-6,10-12,15H,7-9,18H2,1-2H3. The van der Waals surface area contributed by atoms with Crippen molar-refractivity contribution < 1.29 is 4.74 Å². The molecule has 0 aliphatic heterocycles. The lowest BCUT2D eigenvalue weighted by atomic mass is 9.82. The van der Waals surface area contributed by atoms with Gasteiger partial charge in [0.25, 0.3) is 0 Å². The number of ether oxygens (including phenoxy) is 1. The fourth-order valence-electron chi connectivity index (χ4n) is 3.33. The van der Waals surface area contributed by atoms with Gasteiger partial charge in [0.2, 0.25) is 5.88 Å². The predicted octanol–water partition coefficient (Wildman–Crippen LogP) is 4.02. The molecule has 1 aliphatic carbocycles. The highest BCUT2D eigenvalue weighted by atomic mass is 16.5. The molecule has 0 spiro atoms. The summed E-state index contributed by atoms with van der Waals surface area (Å²) < 4.78 is 6.09. The van der Waals surface area contributed by atoms with E-state index in [1.807, 2.05) is 30.3 Å². The third-order valence-corrected chi connectivity index (χ3v) is 4.11. The Kier molecular flexibility index (Phi) is 3.51. The third-order valence-electron chi connectivity index (χ3n) is 4.11. The van der Waals surface area contributed by atoms with Crippen molar-refractivity contribution in [1.29, 1.82) is 0 Å². The van der Waals surface area contributed by atoms with Crippen LogP contribution in [0, 0.1) is 11.8 Å². The van der Waals surface area contributed by atoms with E-state index < -0.39 is 0 Å². The first kappa shape index (κ1) is 13.2. The molecule has 1 aromatic heterocycles. The number of nitrogens with two attached hydrogens (primary N) is 1. The summed E-state index contributed by atoms with van der Waals surface area (Å²) in [6.07, 6.45) is 3.87. The van der Waals surface area contributed by atoms with Crippen molar-refractivity contribution in [3.8, 4) is 5.88 Å². The van der Waals surface area contributed by atoms with Crippen LogP contribution in [0.4, 0.5) is 5.69 Å². The molecular formula is C17H22N2O. The second-order valence-corrected chi connectivity index (χ2v) is 6.26. The zero-order valence-electron chi connectivity index (χ0n) is 12.2. The highest BCUT2D eigenvalue weighted by Gasteiger charge is 2.25. The fraction of sp³-hybridized carbons (Fsp3) is 0.471. The van der Waals surface area contributed by atoms with Crippen molar-refractivity contribution in [1.82, 2.24) is 4.98 Å². The summed E-state index contributed by atoms with van der Waals surface area (Å²) in [5.74, 6) is 2.21. The molecule has 2 atom stereocenters. The Morgan fingerprint density at radius 2 is 1.80 bits per heavy atom. The summed E-state index contributed by atoms with van der Waals surface area (Å²) in [6.45, 7) is 4.62. The maximum atomic E-state index is 6.09. The van der Waals surface area contributed by atoms with Crippen molar-refractivity contribution in [3.63, 3.8) is 0 Å². The number of benzene rings is 1. The number of hydrogen-bond donors (Lipinski definition) is 1. The molecule has 1 heterocycles. The topological polar surface area (TPSA) is 48.1 Å². The first-order valence-electron chi connectivity index (χ1n) is 7.43. The molecule has 3 nitrogen and oxygen atoms in total. The van der Waals surface area contributed by atoms with Crippen LogP contribution in [0.5, 0.6) is 5.88 Å². The Labute approximate surface area is 120 Å². The summed E-state index contributed by atoms with van der Waals surface area (Å²) in [5.41, 5.74) is 7.49. The Bertz CT molecular complexity index is 601. The summed E-state index contributed by atoms with van der Waals surface area (Å²) in [6, 6.07) is 9.75. The van der Waals surface area contributed by atoms with E-state index in [1.165, 1.54) is 6.42 Å². The minimum absolute atomic E-state index is 0.299. The quantitative estimate of drug-likeness (QED) is 0.838. The SMILES string of the molecule is CC1CC(C)CC(Oc2ccc3cc(N)ccc3n2)C1. The smallest absolute Gasteiger partial charge is 0.214 e. The predicted molar refractivity (Wildman–Crippen MR) is 82.8 cm³/mol. The van der Waals surface area contributed by atoms with Crippen LogP contribution in [0.3, 0.4) is 0 Å². The number of fused-ring (bicyclic) bond motifs is 1. The highest BCUT2D eigenvalue weighted by Crippen LogP contribution is 2.31. The van der Waals surface area contributed by atoms with Gasteiger partial charge in [0.05, 0.1) is 5.52 Å². The van der Waals surface area contributed by atoms with Gasteiger partial charge in [-0.2, -0.15) is 0 Å². The molecule has 20 heavy (non-hydrogen) atoms. The van der Waals surface area contributed by atoms with Gasteiger partial charge in [0.1, 0.15) is 6.10 Å². The number of anilines is 1. The lowest BCUT2D eigenvalue weighted by molar-refractivity contribution is 0.0970. The number of rotatable bonds is 2. The summed E-state index contributed by atoms with van der Waals surface area (Å²) in [5, 5.41) is 1.06. The Balaban J connectivity index is 1.79. The van der Waals surface area contributed by atoms with Crippen LogP contribution in [0.15, 0.2) is 30.3 Å². The minimum Gasteiger partial charge on any atom is -0.474 e. The average Bonchev–Trinajstić information content (AvgIpc) is 2.38. The summed E-state index contributed by atoms with van der Waals surface area (Å²) >= 11 is 0. The molecule has 106 valence electrons. The van der Waals surface area contributed by atoms with Crippen molar-refractivity contribution in [2.24, 2.45) is 11.8 Å². The first-order valence-corrected chi connectivity index (χ1v) is 7.43. The average molecular weight is 270 g/mol. The van der Waals surface area contributed by atoms with Gasteiger partial charge in [-0.3, -0.25) is 0 Å². The van der Waals surface area contributed by atoms with E-state index in [0.717, 1.165) is 47.1 Å². The summed E-state index contributed by atoms with van der Waals surface area (Å²) in [7, 11) is 0. The number of pyridine rings is 1. The van der Waals surface area contributed by atoms with E-state index in [1.54, 1.807) is 0 Å². The third kappa shape index (κ3) is 2.87. The largest absolute Gasteiger partial charge is 0.474 e. The maximum Gasteiger partial charge on any atom is 0.214 e. The van der Waals surface area contributed by atoms with Gasteiger partial charge in [-0.05, 0) is 55.4 Å². The zero-order chi connectivity index (χ0) is 14.1. The van der Waals surface area contributed by atoms with Gasteiger partial charge in [-0.1, -0.05) is 13.8 Å². The molecule has 3 rings (SSSR count). The molecule has 2 N–H and O–H groups in total. The van der Waals surface area contributed by atoms with E-state index in [2.05, 4.69) is 18.8 Å². The van der Waals surface area contributed by atoms with Gasteiger partial charge in [-0.25, -0.2) is 4.98 Å². The number of aromatic nitrogens is 1. The molecular weight excluding hydrogens is 248 g/mol. The zero-order valence-corrected chi connectivity index (χ0v) is 12.2. The summed E-state index contributed by atoms with van der Waals surface area (Å²) in [4.78, 5) is 4.58.